The molecule has 2 atom stereocenters. The third-order valence-electron chi connectivity index (χ3n) is 2.66. The Morgan fingerprint density at radius 2 is 1.80 bits per heavy atom. The molecule has 0 radical (unpaired) electrons. The van der Waals surface area contributed by atoms with Gasteiger partial charge in [-0.05, 0) is 13.3 Å². The largest absolute Gasteiger partial charge is 0.480 e. The Morgan fingerprint density at radius 1 is 1.20 bits per heavy atom. The van der Waals surface area contributed by atoms with Crippen LogP contribution in [0.5, 0.6) is 0 Å². The number of hydrogen-bond donors (Lipinski definition) is 3. The monoisotopic (exact) mass is 292 g/mol. The number of aliphatic carboxylic acids is 1. The van der Waals surface area contributed by atoms with E-state index in [0.29, 0.717) is 32.7 Å². The number of carboxylic acid groups (broad SMARTS) is 1. The number of rotatable bonds is 10. The second-order valence-corrected chi connectivity index (χ2v) is 4.33. The van der Waals surface area contributed by atoms with E-state index in [1.54, 1.807) is 7.11 Å². The quantitative estimate of drug-likeness (QED) is 0.469. The van der Waals surface area contributed by atoms with Crippen LogP contribution < -0.4 is 5.32 Å². The summed E-state index contributed by atoms with van der Waals surface area (Å²) in [7, 11) is 3.08. The SMILES string of the molecule is COCCCN(CCOC)C(=O)NC(C(=O)O)C(C)O. The van der Waals surface area contributed by atoms with Crippen LogP contribution in [0.1, 0.15) is 13.3 Å². The number of aliphatic hydroxyl groups is 1. The van der Waals surface area contributed by atoms with Crippen LogP contribution in [0.3, 0.4) is 0 Å². The second-order valence-electron chi connectivity index (χ2n) is 4.33. The van der Waals surface area contributed by atoms with Crippen molar-refractivity contribution in [1.29, 1.82) is 0 Å². The molecule has 0 aliphatic carbocycles. The lowest BCUT2D eigenvalue weighted by Gasteiger charge is -2.25. The summed E-state index contributed by atoms with van der Waals surface area (Å²) in [5, 5.41) is 20.6. The Kier molecular flexibility index (Phi) is 9.69. The summed E-state index contributed by atoms with van der Waals surface area (Å²) in [5.41, 5.74) is 0. The highest BCUT2D eigenvalue weighted by atomic mass is 16.5. The molecule has 0 bridgehead atoms. The first kappa shape index (κ1) is 18.6. The smallest absolute Gasteiger partial charge is 0.328 e. The number of nitrogens with zero attached hydrogens (tertiary/aromatic N) is 1. The molecule has 0 aromatic heterocycles. The maximum Gasteiger partial charge on any atom is 0.328 e. The van der Waals surface area contributed by atoms with Crippen molar-refractivity contribution >= 4 is 12.0 Å². The fourth-order valence-corrected chi connectivity index (χ4v) is 1.53. The van der Waals surface area contributed by atoms with Crippen LogP contribution in [0, 0.1) is 0 Å². The zero-order chi connectivity index (χ0) is 15.5. The number of carboxylic acids is 1. The van der Waals surface area contributed by atoms with E-state index in [-0.39, 0.29) is 0 Å². The average molecular weight is 292 g/mol. The van der Waals surface area contributed by atoms with Crippen molar-refractivity contribution in [2.24, 2.45) is 0 Å². The standard InChI is InChI=1S/C12H24N2O6/c1-9(15)10(11(16)17)13-12(18)14(6-8-20-3)5-4-7-19-2/h9-10,15H,4-8H2,1-3H3,(H,13,18)(H,16,17). The van der Waals surface area contributed by atoms with Gasteiger partial charge >= 0.3 is 12.0 Å². The van der Waals surface area contributed by atoms with Crippen LogP contribution in [0.2, 0.25) is 0 Å². The van der Waals surface area contributed by atoms with Crippen molar-refractivity contribution in [2.75, 3.05) is 40.5 Å². The van der Waals surface area contributed by atoms with Crippen molar-refractivity contribution in [2.45, 2.75) is 25.5 Å². The Hall–Kier alpha value is -1.38. The van der Waals surface area contributed by atoms with Gasteiger partial charge in [-0.2, -0.15) is 0 Å². The van der Waals surface area contributed by atoms with Gasteiger partial charge in [-0.15, -0.1) is 0 Å². The molecule has 2 amide bonds. The zero-order valence-electron chi connectivity index (χ0n) is 12.2. The second kappa shape index (κ2) is 10.4. The maximum atomic E-state index is 12.0. The topological polar surface area (TPSA) is 108 Å². The average Bonchev–Trinajstić information content (AvgIpc) is 2.38. The molecule has 2 unspecified atom stereocenters. The fraction of sp³-hybridized carbons (Fsp3) is 0.833. The highest BCUT2D eigenvalue weighted by Crippen LogP contribution is 1.99. The predicted molar refractivity (Wildman–Crippen MR) is 71.6 cm³/mol. The van der Waals surface area contributed by atoms with Crippen LogP contribution >= 0.6 is 0 Å². The van der Waals surface area contributed by atoms with E-state index < -0.39 is 24.1 Å². The molecule has 0 aliphatic rings. The van der Waals surface area contributed by atoms with E-state index in [4.69, 9.17) is 14.6 Å². The molecule has 0 rings (SSSR count). The Bertz CT molecular complexity index is 298. The molecule has 20 heavy (non-hydrogen) atoms. The minimum absolute atomic E-state index is 0.332. The van der Waals surface area contributed by atoms with Gasteiger partial charge in [-0.1, -0.05) is 0 Å². The first-order valence-electron chi connectivity index (χ1n) is 6.38. The Morgan fingerprint density at radius 3 is 2.25 bits per heavy atom. The van der Waals surface area contributed by atoms with Gasteiger partial charge in [-0.25, -0.2) is 9.59 Å². The Balaban J connectivity index is 4.53. The first-order valence-corrected chi connectivity index (χ1v) is 6.38. The molecule has 118 valence electrons. The molecule has 0 saturated heterocycles. The highest BCUT2D eigenvalue weighted by Gasteiger charge is 2.26. The van der Waals surface area contributed by atoms with Crippen LogP contribution in [-0.4, -0.2) is 79.8 Å². The number of urea groups is 1. The molecule has 8 nitrogen and oxygen atoms in total. The predicted octanol–water partition coefficient (Wildman–Crippen LogP) is -0.485. The van der Waals surface area contributed by atoms with Crippen molar-refractivity contribution in [3.05, 3.63) is 0 Å². The third kappa shape index (κ3) is 7.27. The van der Waals surface area contributed by atoms with E-state index in [1.165, 1.54) is 18.9 Å². The van der Waals surface area contributed by atoms with Crippen molar-refractivity contribution in [3.63, 3.8) is 0 Å². The van der Waals surface area contributed by atoms with Gasteiger partial charge in [0.25, 0.3) is 0 Å². The van der Waals surface area contributed by atoms with Gasteiger partial charge in [-0.3, -0.25) is 0 Å². The van der Waals surface area contributed by atoms with Crippen LogP contribution in [0.4, 0.5) is 4.79 Å². The molecular weight excluding hydrogens is 268 g/mol. The van der Waals surface area contributed by atoms with Gasteiger partial charge in [0.2, 0.25) is 0 Å². The highest BCUT2D eigenvalue weighted by molar-refractivity contribution is 5.83. The molecule has 0 aromatic carbocycles. The van der Waals surface area contributed by atoms with Crippen molar-refractivity contribution in [1.82, 2.24) is 10.2 Å². The summed E-state index contributed by atoms with van der Waals surface area (Å²) in [6.45, 7) is 2.89. The molecule has 8 heteroatoms. The lowest BCUT2D eigenvalue weighted by Crippen LogP contribution is -2.53. The van der Waals surface area contributed by atoms with Gasteiger partial charge in [0.15, 0.2) is 6.04 Å². The molecule has 0 spiro atoms. The number of ether oxygens (including phenoxy) is 2. The lowest BCUT2D eigenvalue weighted by atomic mass is 10.2. The molecular formula is C12H24N2O6. The van der Waals surface area contributed by atoms with Crippen LogP contribution in [-0.2, 0) is 14.3 Å². The summed E-state index contributed by atoms with van der Waals surface area (Å²) in [6.07, 6.45) is -0.556. The van der Waals surface area contributed by atoms with Crippen molar-refractivity contribution < 1.29 is 29.3 Å². The molecule has 0 heterocycles. The molecule has 3 N–H and O–H groups in total. The summed E-state index contributed by atoms with van der Waals surface area (Å²) in [6, 6.07) is -1.89. The molecule has 0 aromatic rings. The fourth-order valence-electron chi connectivity index (χ4n) is 1.53. The molecule has 0 aliphatic heterocycles. The number of methoxy groups -OCH3 is 2. The third-order valence-corrected chi connectivity index (χ3v) is 2.66. The number of carbonyl (C=O) groups is 2. The number of nitrogens with one attached hydrogen (secondary N) is 1. The van der Waals surface area contributed by atoms with E-state index in [1.807, 2.05) is 0 Å². The van der Waals surface area contributed by atoms with Gasteiger partial charge in [0.05, 0.1) is 12.7 Å². The van der Waals surface area contributed by atoms with Gasteiger partial charge in [0, 0.05) is 33.9 Å². The lowest BCUT2D eigenvalue weighted by molar-refractivity contribution is -0.141. The minimum Gasteiger partial charge on any atom is -0.480 e. The van der Waals surface area contributed by atoms with E-state index in [0.717, 1.165) is 0 Å². The van der Waals surface area contributed by atoms with E-state index in [2.05, 4.69) is 5.32 Å². The van der Waals surface area contributed by atoms with E-state index >= 15 is 0 Å². The zero-order valence-corrected chi connectivity index (χ0v) is 12.2. The van der Waals surface area contributed by atoms with Crippen LogP contribution in [0.25, 0.3) is 0 Å². The number of aliphatic hydroxyl groups excluding tert-OH is 1. The first-order chi connectivity index (χ1) is 9.43. The summed E-state index contributed by atoms with van der Waals surface area (Å²) >= 11 is 0. The van der Waals surface area contributed by atoms with Crippen molar-refractivity contribution in [3.8, 4) is 0 Å². The van der Waals surface area contributed by atoms with E-state index in [9.17, 15) is 14.7 Å². The van der Waals surface area contributed by atoms with Crippen LogP contribution in [0.15, 0.2) is 0 Å². The minimum atomic E-state index is -1.34. The summed E-state index contributed by atoms with van der Waals surface area (Å²) in [5.74, 6) is -1.28. The van der Waals surface area contributed by atoms with Gasteiger partial charge in [0.1, 0.15) is 0 Å². The number of carbonyl (C=O) groups excluding carboxylic acids is 1. The molecule has 0 fully saturated rings. The summed E-state index contributed by atoms with van der Waals surface area (Å²) in [4.78, 5) is 24.4. The number of amides is 2. The number of hydrogen-bond acceptors (Lipinski definition) is 5. The normalized spacial score (nSPS) is 13.6. The van der Waals surface area contributed by atoms with Gasteiger partial charge < -0.3 is 29.9 Å². The molecule has 0 saturated carbocycles. The maximum absolute atomic E-state index is 12.0. The summed E-state index contributed by atoms with van der Waals surface area (Å²) < 4.78 is 9.82. The Labute approximate surface area is 118 Å².